The highest BCUT2D eigenvalue weighted by atomic mass is 35.5. The lowest BCUT2D eigenvalue weighted by atomic mass is 10.3. The number of rotatable bonds is 1. The molecule has 14 heavy (non-hydrogen) atoms. The van der Waals surface area contributed by atoms with E-state index in [4.69, 9.17) is 11.6 Å². The van der Waals surface area contributed by atoms with Gasteiger partial charge in [-0.3, -0.25) is 0 Å². The van der Waals surface area contributed by atoms with Crippen molar-refractivity contribution in [1.82, 2.24) is 14.6 Å². The van der Waals surface area contributed by atoms with Gasteiger partial charge in [-0.25, -0.2) is 14.3 Å². The Bertz CT molecular complexity index is 494. The van der Waals surface area contributed by atoms with Crippen LogP contribution in [0.15, 0.2) is 18.5 Å². The number of halogens is 1. The number of nitrogens with zero attached hydrogens (tertiary/aromatic N) is 3. The zero-order chi connectivity index (χ0) is 10.1. The summed E-state index contributed by atoms with van der Waals surface area (Å²) in [7, 11) is 1.31. The van der Waals surface area contributed by atoms with Crippen LogP contribution in [0.4, 0.5) is 0 Å². The number of carbonyl (C=O) groups is 1. The largest absolute Gasteiger partial charge is 0.465 e. The second kappa shape index (κ2) is 3.26. The van der Waals surface area contributed by atoms with Crippen molar-refractivity contribution in [2.75, 3.05) is 7.11 Å². The standard InChI is InChI=1S/C8H6ClN3O2/c1-14-8(13)5-2-6(9)12-7(3-5)10-4-11-12/h2-4H,1H3. The van der Waals surface area contributed by atoms with Crippen molar-refractivity contribution in [2.24, 2.45) is 0 Å². The van der Waals surface area contributed by atoms with E-state index in [1.165, 1.54) is 24.0 Å². The molecule has 0 spiro atoms. The molecule has 2 aromatic rings. The molecule has 0 fully saturated rings. The summed E-state index contributed by atoms with van der Waals surface area (Å²) in [5.41, 5.74) is 0.871. The first-order chi connectivity index (χ1) is 6.72. The maximum atomic E-state index is 11.2. The summed E-state index contributed by atoms with van der Waals surface area (Å²) in [6, 6.07) is 3.04. The fourth-order valence-corrected chi connectivity index (χ4v) is 1.37. The molecule has 2 rings (SSSR count). The molecular formula is C8H6ClN3O2. The van der Waals surface area contributed by atoms with E-state index in [0.29, 0.717) is 16.4 Å². The molecular weight excluding hydrogens is 206 g/mol. The Hall–Kier alpha value is -1.62. The lowest BCUT2D eigenvalue weighted by Gasteiger charge is -2.00. The van der Waals surface area contributed by atoms with E-state index in [-0.39, 0.29) is 0 Å². The average molecular weight is 212 g/mol. The number of esters is 1. The van der Waals surface area contributed by atoms with E-state index < -0.39 is 5.97 Å². The molecule has 0 unspecified atom stereocenters. The van der Waals surface area contributed by atoms with Crippen molar-refractivity contribution < 1.29 is 9.53 Å². The van der Waals surface area contributed by atoms with Gasteiger partial charge in [-0.15, -0.1) is 0 Å². The third kappa shape index (κ3) is 1.31. The van der Waals surface area contributed by atoms with Gasteiger partial charge in [0.25, 0.3) is 0 Å². The van der Waals surface area contributed by atoms with Crippen LogP contribution in [-0.2, 0) is 4.74 Å². The van der Waals surface area contributed by atoms with Crippen LogP contribution in [0.3, 0.4) is 0 Å². The number of aromatic nitrogens is 3. The topological polar surface area (TPSA) is 56.5 Å². The van der Waals surface area contributed by atoms with Gasteiger partial charge in [0, 0.05) is 0 Å². The molecule has 0 amide bonds. The number of ether oxygens (including phenoxy) is 1. The summed E-state index contributed by atoms with van der Waals surface area (Å²) in [6.45, 7) is 0. The molecule has 72 valence electrons. The minimum atomic E-state index is -0.447. The summed E-state index contributed by atoms with van der Waals surface area (Å²) in [4.78, 5) is 15.1. The highest BCUT2D eigenvalue weighted by molar-refractivity contribution is 6.30. The SMILES string of the molecule is COC(=O)c1cc(Cl)n2ncnc2c1. The van der Waals surface area contributed by atoms with E-state index in [1.54, 1.807) is 6.07 Å². The summed E-state index contributed by atoms with van der Waals surface area (Å²) >= 11 is 5.86. The molecule has 0 saturated carbocycles. The van der Waals surface area contributed by atoms with Crippen molar-refractivity contribution in [3.63, 3.8) is 0 Å². The molecule has 0 bridgehead atoms. The van der Waals surface area contributed by atoms with Crippen LogP contribution < -0.4 is 0 Å². The molecule has 6 heteroatoms. The fourth-order valence-electron chi connectivity index (χ4n) is 1.12. The Kier molecular flexibility index (Phi) is 2.09. The third-order valence-electron chi connectivity index (χ3n) is 1.76. The van der Waals surface area contributed by atoms with Crippen LogP contribution in [0, 0.1) is 0 Å². The van der Waals surface area contributed by atoms with Gasteiger partial charge in [0.05, 0.1) is 12.7 Å². The van der Waals surface area contributed by atoms with Gasteiger partial charge in [0.2, 0.25) is 0 Å². The minimum absolute atomic E-state index is 0.320. The van der Waals surface area contributed by atoms with Crippen LogP contribution in [0.2, 0.25) is 5.15 Å². The first-order valence-corrected chi connectivity index (χ1v) is 4.18. The first-order valence-electron chi connectivity index (χ1n) is 3.80. The number of methoxy groups -OCH3 is 1. The smallest absolute Gasteiger partial charge is 0.338 e. The number of hydrogen-bond acceptors (Lipinski definition) is 4. The summed E-state index contributed by atoms with van der Waals surface area (Å²) in [5, 5.41) is 4.19. The fraction of sp³-hybridized carbons (Fsp3) is 0.125. The summed E-state index contributed by atoms with van der Waals surface area (Å²) < 4.78 is 5.99. The van der Waals surface area contributed by atoms with Gasteiger partial charge < -0.3 is 4.74 Å². The third-order valence-corrected chi connectivity index (χ3v) is 2.03. The molecule has 2 aromatic heterocycles. The van der Waals surface area contributed by atoms with E-state index in [1.807, 2.05) is 0 Å². The second-order valence-electron chi connectivity index (χ2n) is 2.59. The Morgan fingerprint density at radius 2 is 2.36 bits per heavy atom. The van der Waals surface area contributed by atoms with Gasteiger partial charge in [0.15, 0.2) is 5.65 Å². The van der Waals surface area contributed by atoms with Crippen molar-refractivity contribution in [3.05, 3.63) is 29.2 Å². The molecule has 0 aromatic carbocycles. The number of carbonyl (C=O) groups excluding carboxylic acids is 1. The molecule has 0 radical (unpaired) electrons. The highest BCUT2D eigenvalue weighted by Crippen LogP contribution is 2.14. The zero-order valence-electron chi connectivity index (χ0n) is 7.27. The predicted octanol–water partition coefficient (Wildman–Crippen LogP) is 1.17. The minimum Gasteiger partial charge on any atom is -0.465 e. The van der Waals surface area contributed by atoms with Gasteiger partial charge in [-0.1, -0.05) is 11.6 Å². The van der Waals surface area contributed by atoms with E-state index in [9.17, 15) is 4.79 Å². The summed E-state index contributed by atoms with van der Waals surface area (Å²) in [6.07, 6.45) is 1.36. The van der Waals surface area contributed by atoms with Gasteiger partial charge in [-0.05, 0) is 12.1 Å². The van der Waals surface area contributed by atoms with Crippen LogP contribution in [-0.4, -0.2) is 27.7 Å². The lowest BCUT2D eigenvalue weighted by Crippen LogP contribution is -2.03. The Balaban J connectivity index is 2.64. The van der Waals surface area contributed by atoms with E-state index >= 15 is 0 Å². The number of hydrogen-bond donors (Lipinski definition) is 0. The lowest BCUT2D eigenvalue weighted by molar-refractivity contribution is 0.0600. The molecule has 2 heterocycles. The Morgan fingerprint density at radius 3 is 3.07 bits per heavy atom. The molecule has 0 aliphatic carbocycles. The van der Waals surface area contributed by atoms with Crippen LogP contribution in [0.1, 0.15) is 10.4 Å². The number of pyridine rings is 1. The van der Waals surface area contributed by atoms with Crippen LogP contribution in [0.25, 0.3) is 5.65 Å². The van der Waals surface area contributed by atoms with Crippen LogP contribution >= 0.6 is 11.6 Å². The summed E-state index contributed by atoms with van der Waals surface area (Å²) in [5.74, 6) is -0.447. The van der Waals surface area contributed by atoms with Gasteiger partial charge >= 0.3 is 5.97 Å². The van der Waals surface area contributed by atoms with Crippen molar-refractivity contribution >= 4 is 23.2 Å². The Labute approximate surface area is 84.3 Å². The van der Waals surface area contributed by atoms with Crippen LogP contribution in [0.5, 0.6) is 0 Å². The Morgan fingerprint density at radius 1 is 1.57 bits per heavy atom. The van der Waals surface area contributed by atoms with E-state index in [2.05, 4.69) is 14.8 Å². The normalized spacial score (nSPS) is 10.4. The maximum absolute atomic E-state index is 11.2. The van der Waals surface area contributed by atoms with E-state index in [0.717, 1.165) is 0 Å². The van der Waals surface area contributed by atoms with Gasteiger partial charge in [0.1, 0.15) is 11.5 Å². The van der Waals surface area contributed by atoms with Crippen molar-refractivity contribution in [2.45, 2.75) is 0 Å². The molecule has 0 saturated heterocycles. The molecule has 0 atom stereocenters. The molecule has 0 aliphatic heterocycles. The van der Waals surface area contributed by atoms with Crippen molar-refractivity contribution in [3.8, 4) is 0 Å². The molecule has 0 aliphatic rings. The van der Waals surface area contributed by atoms with Crippen molar-refractivity contribution in [1.29, 1.82) is 0 Å². The predicted molar refractivity (Wildman–Crippen MR) is 49.3 cm³/mol. The first kappa shape index (κ1) is 8.96. The maximum Gasteiger partial charge on any atom is 0.338 e. The quantitative estimate of drug-likeness (QED) is 0.525. The monoisotopic (exact) mass is 211 g/mol. The zero-order valence-corrected chi connectivity index (χ0v) is 8.02. The van der Waals surface area contributed by atoms with Gasteiger partial charge in [-0.2, -0.15) is 5.10 Å². The molecule has 5 nitrogen and oxygen atoms in total. The number of fused-ring (bicyclic) bond motifs is 1. The highest BCUT2D eigenvalue weighted by Gasteiger charge is 2.10. The molecule has 0 N–H and O–H groups in total. The average Bonchev–Trinajstić information content (AvgIpc) is 2.64. The second-order valence-corrected chi connectivity index (χ2v) is 2.98.